The van der Waals surface area contributed by atoms with Crippen LogP contribution < -0.4 is 5.32 Å². The van der Waals surface area contributed by atoms with Gasteiger partial charge >= 0.3 is 5.97 Å². The standard InChI is InChI=1S/C16H29NO2/c1-12-3-5-13(6-4-12)7-8-14-9-10-17-15(11-14)16(18)19-2/h12-15,17H,3-11H2,1-2H3/t12?,13?,14-,15-/m0/s1. The summed E-state index contributed by atoms with van der Waals surface area (Å²) in [6.07, 6.45) is 10.5. The fraction of sp³-hybridized carbons (Fsp3) is 0.938. The molecule has 0 bridgehead atoms. The number of ether oxygens (including phenoxy) is 1. The highest BCUT2D eigenvalue weighted by atomic mass is 16.5. The van der Waals surface area contributed by atoms with Crippen LogP contribution in [0, 0.1) is 17.8 Å². The third-order valence-corrected chi connectivity index (χ3v) is 5.12. The van der Waals surface area contributed by atoms with Gasteiger partial charge in [0.05, 0.1) is 7.11 Å². The summed E-state index contributed by atoms with van der Waals surface area (Å²) in [5, 5.41) is 3.27. The van der Waals surface area contributed by atoms with Gasteiger partial charge in [-0.2, -0.15) is 0 Å². The summed E-state index contributed by atoms with van der Waals surface area (Å²) in [6, 6.07) is -0.0601. The maximum Gasteiger partial charge on any atom is 0.322 e. The SMILES string of the molecule is COC(=O)[C@@H]1C[C@@H](CCC2CCC(C)CC2)CCN1. The lowest BCUT2D eigenvalue weighted by Gasteiger charge is -2.31. The molecule has 1 heterocycles. The molecule has 0 radical (unpaired) electrons. The molecule has 0 unspecified atom stereocenters. The summed E-state index contributed by atoms with van der Waals surface area (Å²) in [7, 11) is 1.48. The van der Waals surface area contributed by atoms with Crippen LogP contribution in [0.2, 0.25) is 0 Å². The van der Waals surface area contributed by atoms with Crippen molar-refractivity contribution in [2.45, 2.75) is 64.3 Å². The first-order valence-corrected chi connectivity index (χ1v) is 8.00. The molecule has 3 nitrogen and oxygen atoms in total. The van der Waals surface area contributed by atoms with E-state index in [2.05, 4.69) is 12.2 Å². The summed E-state index contributed by atoms with van der Waals surface area (Å²) < 4.78 is 4.84. The Hall–Kier alpha value is -0.570. The largest absolute Gasteiger partial charge is 0.468 e. The summed E-state index contributed by atoms with van der Waals surface area (Å²) in [5.41, 5.74) is 0. The van der Waals surface area contributed by atoms with Crippen LogP contribution in [-0.4, -0.2) is 25.7 Å². The van der Waals surface area contributed by atoms with Gasteiger partial charge < -0.3 is 10.1 Å². The fourth-order valence-electron chi connectivity index (χ4n) is 3.67. The molecule has 0 amide bonds. The van der Waals surface area contributed by atoms with E-state index < -0.39 is 0 Å². The number of carbonyl (C=O) groups is 1. The van der Waals surface area contributed by atoms with Crippen LogP contribution in [0.3, 0.4) is 0 Å². The molecule has 1 saturated heterocycles. The average molecular weight is 267 g/mol. The molecule has 0 aromatic rings. The van der Waals surface area contributed by atoms with E-state index in [0.717, 1.165) is 24.8 Å². The Morgan fingerprint density at radius 2 is 1.79 bits per heavy atom. The number of hydrogen-bond donors (Lipinski definition) is 1. The third kappa shape index (κ3) is 4.48. The van der Waals surface area contributed by atoms with Crippen molar-refractivity contribution in [3.05, 3.63) is 0 Å². The summed E-state index contributed by atoms with van der Waals surface area (Å²) in [4.78, 5) is 11.6. The van der Waals surface area contributed by atoms with Gasteiger partial charge in [0, 0.05) is 0 Å². The summed E-state index contributed by atoms with van der Waals surface area (Å²) >= 11 is 0. The first-order valence-electron chi connectivity index (χ1n) is 8.00. The molecule has 2 fully saturated rings. The highest BCUT2D eigenvalue weighted by Gasteiger charge is 2.28. The molecule has 1 aliphatic heterocycles. The Morgan fingerprint density at radius 3 is 2.47 bits per heavy atom. The normalized spacial score (nSPS) is 35.9. The van der Waals surface area contributed by atoms with Crippen molar-refractivity contribution in [2.75, 3.05) is 13.7 Å². The number of carbonyl (C=O) groups excluding carboxylic acids is 1. The first kappa shape index (κ1) is 14.8. The highest BCUT2D eigenvalue weighted by Crippen LogP contribution is 2.33. The van der Waals surface area contributed by atoms with Crippen molar-refractivity contribution >= 4 is 5.97 Å². The Morgan fingerprint density at radius 1 is 1.11 bits per heavy atom. The minimum atomic E-state index is -0.0869. The molecule has 2 aliphatic rings. The maximum absolute atomic E-state index is 11.6. The molecule has 19 heavy (non-hydrogen) atoms. The monoisotopic (exact) mass is 267 g/mol. The molecule has 110 valence electrons. The van der Waals surface area contributed by atoms with E-state index in [1.165, 1.54) is 52.1 Å². The molecular formula is C16H29NO2. The van der Waals surface area contributed by atoms with Gasteiger partial charge in [0.1, 0.15) is 6.04 Å². The van der Waals surface area contributed by atoms with Gasteiger partial charge in [-0.1, -0.05) is 45.4 Å². The zero-order valence-corrected chi connectivity index (χ0v) is 12.5. The Balaban J connectivity index is 1.69. The van der Waals surface area contributed by atoms with Gasteiger partial charge in [0.15, 0.2) is 0 Å². The van der Waals surface area contributed by atoms with Crippen LogP contribution in [0.4, 0.5) is 0 Å². The van der Waals surface area contributed by atoms with E-state index >= 15 is 0 Å². The van der Waals surface area contributed by atoms with Crippen LogP contribution in [0.15, 0.2) is 0 Å². The first-order chi connectivity index (χ1) is 9.19. The van der Waals surface area contributed by atoms with Gasteiger partial charge in [0.2, 0.25) is 0 Å². The molecule has 1 saturated carbocycles. The Bertz CT molecular complexity index is 284. The maximum atomic E-state index is 11.6. The van der Waals surface area contributed by atoms with E-state index in [4.69, 9.17) is 4.74 Å². The van der Waals surface area contributed by atoms with Crippen LogP contribution in [-0.2, 0) is 9.53 Å². The van der Waals surface area contributed by atoms with Crippen LogP contribution in [0.1, 0.15) is 58.3 Å². The topological polar surface area (TPSA) is 38.3 Å². The molecule has 0 aromatic heterocycles. The van der Waals surface area contributed by atoms with E-state index in [0.29, 0.717) is 5.92 Å². The van der Waals surface area contributed by atoms with E-state index in [9.17, 15) is 4.79 Å². The Labute approximate surface area is 117 Å². The molecular weight excluding hydrogens is 238 g/mol. The summed E-state index contributed by atoms with van der Waals surface area (Å²) in [6.45, 7) is 3.34. The van der Waals surface area contributed by atoms with Gasteiger partial charge in [-0.05, 0) is 37.1 Å². The van der Waals surface area contributed by atoms with Gasteiger partial charge in [-0.15, -0.1) is 0 Å². The number of rotatable bonds is 4. The molecule has 0 spiro atoms. The van der Waals surface area contributed by atoms with Crippen molar-refractivity contribution < 1.29 is 9.53 Å². The van der Waals surface area contributed by atoms with Crippen molar-refractivity contribution in [3.8, 4) is 0 Å². The predicted molar refractivity (Wildman–Crippen MR) is 76.9 cm³/mol. The number of nitrogens with one attached hydrogen (secondary N) is 1. The lowest BCUT2D eigenvalue weighted by Crippen LogP contribution is -2.44. The zero-order valence-electron chi connectivity index (χ0n) is 12.5. The van der Waals surface area contributed by atoms with Crippen LogP contribution >= 0.6 is 0 Å². The minimum Gasteiger partial charge on any atom is -0.468 e. The van der Waals surface area contributed by atoms with E-state index in [1.807, 2.05) is 0 Å². The second-order valence-electron chi connectivity index (χ2n) is 6.62. The lowest BCUT2D eigenvalue weighted by atomic mass is 9.78. The van der Waals surface area contributed by atoms with E-state index in [1.54, 1.807) is 0 Å². The third-order valence-electron chi connectivity index (χ3n) is 5.12. The quantitative estimate of drug-likeness (QED) is 0.795. The number of hydrogen-bond acceptors (Lipinski definition) is 3. The second-order valence-corrected chi connectivity index (χ2v) is 6.62. The molecule has 1 aliphatic carbocycles. The van der Waals surface area contributed by atoms with Crippen molar-refractivity contribution in [1.82, 2.24) is 5.32 Å². The number of methoxy groups -OCH3 is 1. The molecule has 0 aromatic carbocycles. The average Bonchev–Trinajstić information content (AvgIpc) is 2.46. The Kier molecular flexibility index (Phi) is 5.68. The smallest absolute Gasteiger partial charge is 0.322 e. The molecule has 2 rings (SSSR count). The van der Waals surface area contributed by atoms with Crippen molar-refractivity contribution in [2.24, 2.45) is 17.8 Å². The van der Waals surface area contributed by atoms with Crippen LogP contribution in [0.25, 0.3) is 0 Å². The number of esters is 1. The second kappa shape index (κ2) is 7.28. The van der Waals surface area contributed by atoms with Crippen LogP contribution in [0.5, 0.6) is 0 Å². The van der Waals surface area contributed by atoms with Gasteiger partial charge in [-0.25, -0.2) is 0 Å². The van der Waals surface area contributed by atoms with Crippen molar-refractivity contribution in [3.63, 3.8) is 0 Å². The number of piperidine rings is 1. The van der Waals surface area contributed by atoms with Gasteiger partial charge in [0.25, 0.3) is 0 Å². The molecule has 2 atom stereocenters. The minimum absolute atomic E-state index is 0.0601. The van der Waals surface area contributed by atoms with Crippen molar-refractivity contribution in [1.29, 1.82) is 0 Å². The predicted octanol–water partition coefficient (Wildman–Crippen LogP) is 3.13. The lowest BCUT2D eigenvalue weighted by molar-refractivity contribution is -0.144. The molecule has 3 heteroatoms. The zero-order chi connectivity index (χ0) is 13.7. The fourth-order valence-corrected chi connectivity index (χ4v) is 3.67. The highest BCUT2D eigenvalue weighted by molar-refractivity contribution is 5.75. The summed E-state index contributed by atoms with van der Waals surface area (Å²) in [5.74, 6) is 2.52. The van der Waals surface area contributed by atoms with E-state index in [-0.39, 0.29) is 12.0 Å². The molecule has 1 N–H and O–H groups in total. The van der Waals surface area contributed by atoms with Gasteiger partial charge in [-0.3, -0.25) is 4.79 Å².